The van der Waals surface area contributed by atoms with E-state index < -0.39 is 6.10 Å². The molecule has 1 aliphatic rings. The summed E-state index contributed by atoms with van der Waals surface area (Å²) in [5, 5.41) is 14.5. The lowest BCUT2D eigenvalue weighted by molar-refractivity contribution is 0.0947. The molecule has 0 aliphatic carbocycles. The second-order valence-corrected chi connectivity index (χ2v) is 6.06. The molecule has 0 bridgehead atoms. The summed E-state index contributed by atoms with van der Waals surface area (Å²) in [6, 6.07) is 6.46. The molecule has 2 aromatic rings. The molecule has 1 aliphatic heterocycles. The van der Waals surface area contributed by atoms with Crippen molar-refractivity contribution in [1.29, 1.82) is 0 Å². The summed E-state index contributed by atoms with van der Waals surface area (Å²) < 4.78 is 15.5. The molecule has 0 radical (unpaired) electrons. The highest BCUT2D eigenvalue weighted by Gasteiger charge is 2.24. The van der Waals surface area contributed by atoms with Crippen LogP contribution in [0.2, 0.25) is 0 Å². The van der Waals surface area contributed by atoms with Crippen molar-refractivity contribution < 1.29 is 9.50 Å². The van der Waals surface area contributed by atoms with E-state index in [2.05, 4.69) is 16.2 Å². The zero-order valence-electron chi connectivity index (χ0n) is 12.8. The molecule has 2 heterocycles. The topological polar surface area (TPSA) is 41.3 Å². The van der Waals surface area contributed by atoms with Crippen molar-refractivity contribution in [3.05, 3.63) is 53.6 Å². The first kappa shape index (κ1) is 15.2. The fraction of sp³-hybridized carbons (Fsp3) is 0.471. The van der Waals surface area contributed by atoms with Crippen LogP contribution in [-0.4, -0.2) is 39.4 Å². The molecule has 3 rings (SSSR count). The number of aryl methyl sites for hydroxylation is 1. The maximum atomic E-state index is 13.7. The van der Waals surface area contributed by atoms with E-state index >= 15 is 0 Å². The van der Waals surface area contributed by atoms with Gasteiger partial charge in [-0.25, -0.2) is 4.39 Å². The van der Waals surface area contributed by atoms with E-state index in [0.717, 1.165) is 25.9 Å². The first-order valence-electron chi connectivity index (χ1n) is 7.77. The fourth-order valence-corrected chi connectivity index (χ4v) is 3.19. The summed E-state index contributed by atoms with van der Waals surface area (Å²) in [6.45, 7) is 2.33. The molecule has 1 saturated heterocycles. The zero-order chi connectivity index (χ0) is 15.5. The average molecular weight is 303 g/mol. The molecule has 1 aromatic heterocycles. The van der Waals surface area contributed by atoms with Crippen LogP contribution in [0.3, 0.4) is 0 Å². The Morgan fingerprint density at radius 2 is 2.05 bits per heavy atom. The van der Waals surface area contributed by atoms with Crippen molar-refractivity contribution >= 4 is 0 Å². The highest BCUT2D eigenvalue weighted by atomic mass is 19.1. The normalized spacial score (nSPS) is 18.5. The molecular weight excluding hydrogens is 281 g/mol. The number of halogens is 1. The van der Waals surface area contributed by atoms with Gasteiger partial charge in [0.05, 0.1) is 12.3 Å². The number of aromatic nitrogens is 2. The van der Waals surface area contributed by atoms with E-state index in [0.29, 0.717) is 18.0 Å². The first-order chi connectivity index (χ1) is 10.6. The van der Waals surface area contributed by atoms with Crippen molar-refractivity contribution in [2.75, 3.05) is 19.6 Å². The first-order valence-corrected chi connectivity index (χ1v) is 7.77. The number of hydrogen-bond acceptors (Lipinski definition) is 3. The number of likely N-dealkylation sites (tertiary alicyclic amines) is 1. The fourth-order valence-electron chi connectivity index (χ4n) is 3.19. The lowest BCUT2D eigenvalue weighted by atomic mass is 9.91. The molecule has 1 atom stereocenters. The van der Waals surface area contributed by atoms with Crippen molar-refractivity contribution in [2.45, 2.75) is 24.9 Å². The predicted octanol–water partition coefficient (Wildman–Crippen LogP) is 2.47. The molecule has 1 N–H and O–H groups in total. The number of nitrogens with zero attached hydrogens (tertiary/aromatic N) is 3. The second kappa shape index (κ2) is 6.58. The van der Waals surface area contributed by atoms with Gasteiger partial charge in [-0.05, 0) is 43.5 Å². The Bertz CT molecular complexity index is 620. The minimum atomic E-state index is -0.767. The number of aliphatic hydroxyl groups is 1. The lowest BCUT2D eigenvalue weighted by Gasteiger charge is -2.32. The maximum absolute atomic E-state index is 13.7. The molecule has 0 saturated carbocycles. The Hall–Kier alpha value is -1.72. The molecule has 1 fully saturated rings. The summed E-state index contributed by atoms with van der Waals surface area (Å²) in [5.74, 6) is 0.204. The van der Waals surface area contributed by atoms with Crippen LogP contribution in [0.5, 0.6) is 0 Å². The Morgan fingerprint density at radius 3 is 2.68 bits per heavy atom. The third-order valence-corrected chi connectivity index (χ3v) is 4.48. The molecule has 5 heteroatoms. The van der Waals surface area contributed by atoms with Crippen LogP contribution < -0.4 is 0 Å². The average Bonchev–Trinajstić information content (AvgIpc) is 2.95. The molecule has 22 heavy (non-hydrogen) atoms. The van der Waals surface area contributed by atoms with E-state index in [1.54, 1.807) is 18.2 Å². The van der Waals surface area contributed by atoms with Gasteiger partial charge in [-0.3, -0.25) is 4.68 Å². The van der Waals surface area contributed by atoms with Crippen molar-refractivity contribution in [2.24, 2.45) is 7.05 Å². The summed E-state index contributed by atoms with van der Waals surface area (Å²) >= 11 is 0. The number of rotatable bonds is 4. The summed E-state index contributed by atoms with van der Waals surface area (Å²) in [6.07, 6.45) is 5.35. The Labute approximate surface area is 130 Å². The van der Waals surface area contributed by atoms with Gasteiger partial charge in [0.15, 0.2) is 0 Å². The monoisotopic (exact) mass is 303 g/mol. The Balaban J connectivity index is 1.55. The maximum Gasteiger partial charge on any atom is 0.129 e. The van der Waals surface area contributed by atoms with E-state index in [4.69, 9.17) is 0 Å². The van der Waals surface area contributed by atoms with Crippen LogP contribution in [0.25, 0.3) is 0 Å². The number of piperidine rings is 1. The SMILES string of the molecule is Cn1cc(C2CCN(CC(O)c3ccccc3F)CC2)cn1. The largest absolute Gasteiger partial charge is 0.387 e. The van der Waals surface area contributed by atoms with E-state index in [9.17, 15) is 9.50 Å². The molecule has 4 nitrogen and oxygen atoms in total. The van der Waals surface area contributed by atoms with Gasteiger partial charge in [-0.15, -0.1) is 0 Å². The van der Waals surface area contributed by atoms with Gasteiger partial charge in [0.25, 0.3) is 0 Å². The van der Waals surface area contributed by atoms with E-state index in [1.165, 1.54) is 11.6 Å². The van der Waals surface area contributed by atoms with Gasteiger partial charge in [-0.2, -0.15) is 5.10 Å². The smallest absolute Gasteiger partial charge is 0.129 e. The third kappa shape index (κ3) is 3.36. The highest BCUT2D eigenvalue weighted by molar-refractivity contribution is 5.20. The van der Waals surface area contributed by atoms with Crippen LogP contribution in [0, 0.1) is 5.82 Å². The van der Waals surface area contributed by atoms with Gasteiger partial charge >= 0.3 is 0 Å². The lowest BCUT2D eigenvalue weighted by Crippen LogP contribution is -2.36. The van der Waals surface area contributed by atoms with Crippen LogP contribution in [0.15, 0.2) is 36.7 Å². The highest BCUT2D eigenvalue weighted by Crippen LogP contribution is 2.28. The molecule has 1 unspecified atom stereocenters. The number of aliphatic hydroxyl groups excluding tert-OH is 1. The number of β-amino-alcohol motifs (C(OH)–C–C–N with tert-alkyl or cyclic N) is 1. The van der Waals surface area contributed by atoms with Crippen LogP contribution >= 0.6 is 0 Å². The van der Waals surface area contributed by atoms with Gasteiger partial charge in [-0.1, -0.05) is 18.2 Å². The van der Waals surface area contributed by atoms with E-state index in [-0.39, 0.29) is 5.82 Å². The van der Waals surface area contributed by atoms with Gasteiger partial charge < -0.3 is 10.0 Å². The minimum Gasteiger partial charge on any atom is -0.387 e. The summed E-state index contributed by atoms with van der Waals surface area (Å²) in [5.41, 5.74) is 1.67. The number of hydrogen-bond donors (Lipinski definition) is 1. The predicted molar refractivity (Wildman–Crippen MR) is 83.0 cm³/mol. The molecule has 118 valence electrons. The van der Waals surface area contributed by atoms with Crippen LogP contribution in [0.4, 0.5) is 4.39 Å². The molecular formula is C17H22FN3O. The van der Waals surface area contributed by atoms with Gasteiger partial charge in [0, 0.05) is 25.4 Å². The van der Waals surface area contributed by atoms with Gasteiger partial charge in [0.2, 0.25) is 0 Å². The summed E-state index contributed by atoms with van der Waals surface area (Å²) in [4.78, 5) is 2.21. The quantitative estimate of drug-likeness (QED) is 0.943. The molecule has 0 spiro atoms. The second-order valence-electron chi connectivity index (χ2n) is 6.06. The van der Waals surface area contributed by atoms with Crippen molar-refractivity contribution in [3.8, 4) is 0 Å². The van der Waals surface area contributed by atoms with Crippen molar-refractivity contribution in [3.63, 3.8) is 0 Å². The Morgan fingerprint density at radius 1 is 1.32 bits per heavy atom. The van der Waals surface area contributed by atoms with Crippen LogP contribution in [-0.2, 0) is 7.05 Å². The summed E-state index contributed by atoms with van der Waals surface area (Å²) in [7, 11) is 1.93. The Kier molecular flexibility index (Phi) is 4.55. The molecule has 1 aromatic carbocycles. The third-order valence-electron chi connectivity index (χ3n) is 4.48. The van der Waals surface area contributed by atoms with Crippen LogP contribution in [0.1, 0.15) is 36.0 Å². The standard InChI is InChI=1S/C17H22FN3O/c1-20-11-14(10-19-20)13-6-8-21(9-7-13)12-17(22)15-4-2-3-5-16(15)18/h2-5,10-11,13,17,22H,6-9,12H2,1H3. The minimum absolute atomic E-state index is 0.333. The molecule has 0 amide bonds. The number of benzene rings is 1. The van der Waals surface area contributed by atoms with Gasteiger partial charge in [0.1, 0.15) is 5.82 Å². The van der Waals surface area contributed by atoms with Crippen molar-refractivity contribution in [1.82, 2.24) is 14.7 Å². The van der Waals surface area contributed by atoms with E-state index in [1.807, 2.05) is 17.9 Å². The zero-order valence-corrected chi connectivity index (χ0v) is 12.8.